The summed E-state index contributed by atoms with van der Waals surface area (Å²) in [6, 6.07) is 0.166. The Labute approximate surface area is 52.2 Å². The molecule has 4 heteroatoms. The number of rotatable bonds is 3. The Bertz CT molecular complexity index is 85.0. The summed E-state index contributed by atoms with van der Waals surface area (Å²) in [6.07, 6.45) is 0.951. The molecule has 0 saturated carbocycles. The minimum atomic E-state index is -2.62. The normalized spacial score (nSPS) is 26.3. The van der Waals surface area contributed by atoms with Crippen LogP contribution >= 0.6 is 0 Å². The minimum absolute atomic E-state index is 0.137. The van der Waals surface area contributed by atoms with Crippen molar-refractivity contribution in [3.05, 3.63) is 0 Å². The lowest BCUT2D eigenvalue weighted by Gasteiger charge is -2.26. The Hall–Kier alpha value is -0.220. The van der Waals surface area contributed by atoms with Crippen LogP contribution in [0, 0.1) is 0 Å². The molecule has 0 aromatic heterocycles. The molecule has 1 aliphatic rings. The first kappa shape index (κ1) is 6.89. The van der Waals surface area contributed by atoms with Gasteiger partial charge in [0.1, 0.15) is 0 Å². The number of alkyl halides is 2. The average Bonchev–Trinajstić information content (AvgIpc) is 1.60. The van der Waals surface area contributed by atoms with Gasteiger partial charge in [-0.15, -0.1) is 0 Å². The highest BCUT2D eigenvalue weighted by molar-refractivity contribution is 4.76. The van der Waals surface area contributed by atoms with Crippen molar-refractivity contribution in [2.45, 2.75) is 19.1 Å². The largest absolute Gasteiger partial charge is 0.345 e. The van der Waals surface area contributed by atoms with Gasteiger partial charge in [0.05, 0.1) is 6.61 Å². The fraction of sp³-hybridized carbons (Fsp3) is 1.00. The van der Waals surface area contributed by atoms with Crippen molar-refractivity contribution in [3.8, 4) is 0 Å². The van der Waals surface area contributed by atoms with Crippen LogP contribution in [0.3, 0.4) is 0 Å². The van der Waals surface area contributed by atoms with Crippen LogP contribution in [0.1, 0.15) is 6.42 Å². The third-order valence-corrected chi connectivity index (χ3v) is 1.35. The summed E-state index contributed by atoms with van der Waals surface area (Å²) in [5.41, 5.74) is 0. The van der Waals surface area contributed by atoms with Gasteiger partial charge in [-0.3, -0.25) is 0 Å². The molecular weight excluding hydrogens is 128 g/mol. The molecule has 1 N–H and O–H groups in total. The van der Waals surface area contributed by atoms with E-state index >= 15 is 0 Å². The Morgan fingerprint density at radius 1 is 1.67 bits per heavy atom. The van der Waals surface area contributed by atoms with Crippen molar-refractivity contribution in [2.75, 3.05) is 13.2 Å². The predicted octanol–water partition coefficient (Wildman–Crippen LogP) is 0.587. The van der Waals surface area contributed by atoms with Crippen LogP contribution in [-0.4, -0.2) is 25.8 Å². The number of nitrogens with one attached hydrogen (secondary N) is 1. The summed E-state index contributed by atoms with van der Waals surface area (Å²) in [7, 11) is 0. The summed E-state index contributed by atoms with van der Waals surface area (Å²) < 4.78 is 26.7. The smallest absolute Gasteiger partial charge is 0.321 e. The van der Waals surface area contributed by atoms with Crippen LogP contribution < -0.4 is 5.32 Å². The van der Waals surface area contributed by atoms with Crippen molar-refractivity contribution >= 4 is 0 Å². The molecule has 1 fully saturated rings. The van der Waals surface area contributed by atoms with Crippen LogP contribution in [0.15, 0.2) is 0 Å². The second kappa shape index (κ2) is 3.08. The minimum Gasteiger partial charge on any atom is -0.321 e. The molecule has 1 atom stereocenters. The van der Waals surface area contributed by atoms with Crippen LogP contribution in [0.2, 0.25) is 0 Å². The number of ether oxygens (including phenoxy) is 1. The zero-order chi connectivity index (χ0) is 6.69. The SMILES string of the molecule is FC(F)OC[C@H]1CCN1. The van der Waals surface area contributed by atoms with E-state index in [1.165, 1.54) is 0 Å². The van der Waals surface area contributed by atoms with Crippen LogP contribution in [0.5, 0.6) is 0 Å². The van der Waals surface area contributed by atoms with Crippen molar-refractivity contribution in [1.29, 1.82) is 0 Å². The number of hydrogen-bond donors (Lipinski definition) is 1. The molecule has 1 rings (SSSR count). The molecule has 0 aliphatic carbocycles. The lowest BCUT2D eigenvalue weighted by atomic mass is 10.1. The van der Waals surface area contributed by atoms with Gasteiger partial charge in [0.2, 0.25) is 0 Å². The molecule has 0 spiro atoms. The maximum absolute atomic E-state index is 11.3. The monoisotopic (exact) mass is 137 g/mol. The van der Waals surface area contributed by atoms with Gasteiger partial charge < -0.3 is 10.1 Å². The summed E-state index contributed by atoms with van der Waals surface area (Å²) >= 11 is 0. The van der Waals surface area contributed by atoms with Gasteiger partial charge >= 0.3 is 6.61 Å². The van der Waals surface area contributed by atoms with Crippen molar-refractivity contribution in [2.24, 2.45) is 0 Å². The topological polar surface area (TPSA) is 21.3 Å². The van der Waals surface area contributed by atoms with E-state index in [1.54, 1.807) is 0 Å². The highest BCUT2D eigenvalue weighted by atomic mass is 19.3. The van der Waals surface area contributed by atoms with E-state index in [0.717, 1.165) is 13.0 Å². The third kappa shape index (κ3) is 2.24. The van der Waals surface area contributed by atoms with Gasteiger partial charge in [-0.2, -0.15) is 8.78 Å². The molecule has 9 heavy (non-hydrogen) atoms. The van der Waals surface area contributed by atoms with Crippen molar-refractivity contribution in [3.63, 3.8) is 0 Å². The molecule has 2 nitrogen and oxygen atoms in total. The van der Waals surface area contributed by atoms with E-state index in [-0.39, 0.29) is 12.6 Å². The molecule has 0 aromatic rings. The molecular formula is C5H9F2NO. The van der Waals surface area contributed by atoms with Gasteiger partial charge in [0.25, 0.3) is 0 Å². The van der Waals surface area contributed by atoms with E-state index in [4.69, 9.17) is 0 Å². The number of halogens is 2. The van der Waals surface area contributed by atoms with E-state index in [1.807, 2.05) is 0 Å². The molecule has 0 bridgehead atoms. The van der Waals surface area contributed by atoms with Crippen LogP contribution in [0.4, 0.5) is 8.78 Å². The molecule has 1 aliphatic heterocycles. The van der Waals surface area contributed by atoms with Gasteiger partial charge in [-0.25, -0.2) is 0 Å². The summed E-state index contributed by atoms with van der Waals surface area (Å²) in [4.78, 5) is 0. The Balaban J connectivity index is 1.91. The molecule has 1 saturated heterocycles. The molecule has 0 amide bonds. The zero-order valence-electron chi connectivity index (χ0n) is 4.94. The summed E-state index contributed by atoms with van der Waals surface area (Å²) in [5.74, 6) is 0. The first-order valence-electron chi connectivity index (χ1n) is 2.92. The highest BCUT2D eigenvalue weighted by Crippen LogP contribution is 2.04. The summed E-state index contributed by atoms with van der Waals surface area (Å²) in [5, 5.41) is 2.94. The average molecular weight is 137 g/mol. The maximum Gasteiger partial charge on any atom is 0.345 e. The lowest BCUT2D eigenvalue weighted by Crippen LogP contribution is -2.46. The maximum atomic E-state index is 11.3. The third-order valence-electron chi connectivity index (χ3n) is 1.35. The van der Waals surface area contributed by atoms with Crippen LogP contribution in [0.25, 0.3) is 0 Å². The zero-order valence-corrected chi connectivity index (χ0v) is 4.94. The fourth-order valence-electron chi connectivity index (χ4n) is 0.680. The van der Waals surface area contributed by atoms with Crippen molar-refractivity contribution < 1.29 is 13.5 Å². The Morgan fingerprint density at radius 3 is 2.67 bits per heavy atom. The first-order valence-corrected chi connectivity index (χ1v) is 2.92. The first-order chi connectivity index (χ1) is 4.29. The van der Waals surface area contributed by atoms with Gasteiger partial charge in [-0.1, -0.05) is 0 Å². The highest BCUT2D eigenvalue weighted by Gasteiger charge is 2.17. The lowest BCUT2D eigenvalue weighted by molar-refractivity contribution is -0.137. The standard InChI is InChI=1S/C5H9F2NO/c6-5(7)9-3-4-1-2-8-4/h4-5,8H,1-3H2/t4-/m1/s1. The Kier molecular flexibility index (Phi) is 2.36. The Morgan fingerprint density at radius 2 is 2.33 bits per heavy atom. The van der Waals surface area contributed by atoms with Gasteiger partial charge in [0, 0.05) is 6.04 Å². The van der Waals surface area contributed by atoms with Gasteiger partial charge in [-0.05, 0) is 13.0 Å². The fourth-order valence-corrected chi connectivity index (χ4v) is 0.680. The molecule has 54 valence electrons. The molecule has 1 heterocycles. The van der Waals surface area contributed by atoms with Gasteiger partial charge in [0.15, 0.2) is 0 Å². The van der Waals surface area contributed by atoms with E-state index < -0.39 is 6.61 Å². The molecule has 0 radical (unpaired) electrons. The quantitative estimate of drug-likeness (QED) is 0.614. The van der Waals surface area contributed by atoms with E-state index in [9.17, 15) is 8.78 Å². The molecule has 0 aromatic carbocycles. The van der Waals surface area contributed by atoms with Crippen molar-refractivity contribution in [1.82, 2.24) is 5.32 Å². The van der Waals surface area contributed by atoms with Crippen LogP contribution in [-0.2, 0) is 4.74 Å². The van der Waals surface area contributed by atoms with E-state index in [0.29, 0.717) is 0 Å². The number of hydrogen-bond acceptors (Lipinski definition) is 2. The predicted molar refractivity (Wildman–Crippen MR) is 28.4 cm³/mol. The second-order valence-corrected chi connectivity index (χ2v) is 2.03. The summed E-state index contributed by atoms with van der Waals surface area (Å²) in [6.45, 7) is -1.55. The van der Waals surface area contributed by atoms with E-state index in [2.05, 4.69) is 10.1 Å². The molecule has 0 unspecified atom stereocenters. The second-order valence-electron chi connectivity index (χ2n) is 2.03.